The zero-order valence-electron chi connectivity index (χ0n) is 21.4. The van der Waals surface area contributed by atoms with E-state index in [1.54, 1.807) is 36.4 Å². The summed E-state index contributed by atoms with van der Waals surface area (Å²) in [7, 11) is 0. The standard InChI is InChI=1S/C31H30ClN3O3/c1-20-6-8-24(9-7-20)21(2)34-18-27-11-13-30(38-27)25-10-12-29(32)28(16-25)31(37)35-26(19-36)15-22-4-3-5-23(14-22)17-33/h3-14,16,21,26,34,36H,15,18-19H2,1-2H3,(H,35,37). The van der Waals surface area contributed by atoms with Crippen molar-refractivity contribution in [2.45, 2.75) is 38.9 Å². The minimum atomic E-state index is -0.534. The third-order valence-electron chi connectivity index (χ3n) is 6.41. The molecule has 0 radical (unpaired) electrons. The maximum atomic E-state index is 13.1. The van der Waals surface area contributed by atoms with Gasteiger partial charge in [0, 0.05) is 11.6 Å². The second-order valence-corrected chi connectivity index (χ2v) is 9.75. The minimum absolute atomic E-state index is 0.164. The highest BCUT2D eigenvalue weighted by Crippen LogP contribution is 2.27. The van der Waals surface area contributed by atoms with Crippen molar-refractivity contribution in [3.63, 3.8) is 0 Å². The van der Waals surface area contributed by atoms with Crippen LogP contribution in [0, 0.1) is 18.3 Å². The van der Waals surface area contributed by atoms with E-state index in [9.17, 15) is 9.90 Å². The third-order valence-corrected chi connectivity index (χ3v) is 6.74. The number of amides is 1. The molecule has 1 amide bonds. The van der Waals surface area contributed by atoms with Crippen LogP contribution < -0.4 is 10.6 Å². The lowest BCUT2D eigenvalue weighted by atomic mass is 10.0. The number of halogens is 1. The molecule has 3 aromatic carbocycles. The number of carbonyl (C=O) groups excluding carboxylic acids is 1. The van der Waals surface area contributed by atoms with Gasteiger partial charge in [-0.1, -0.05) is 53.6 Å². The molecule has 3 N–H and O–H groups in total. The Morgan fingerprint density at radius 2 is 1.87 bits per heavy atom. The summed E-state index contributed by atoms with van der Waals surface area (Å²) >= 11 is 6.36. The molecule has 38 heavy (non-hydrogen) atoms. The van der Waals surface area contributed by atoms with Crippen molar-refractivity contribution in [2.24, 2.45) is 0 Å². The Morgan fingerprint density at radius 1 is 1.08 bits per heavy atom. The van der Waals surface area contributed by atoms with Gasteiger partial charge in [0.2, 0.25) is 0 Å². The first-order valence-corrected chi connectivity index (χ1v) is 12.8. The molecule has 2 unspecified atom stereocenters. The highest BCUT2D eigenvalue weighted by molar-refractivity contribution is 6.34. The van der Waals surface area contributed by atoms with Crippen molar-refractivity contribution >= 4 is 17.5 Å². The molecule has 7 heteroatoms. The van der Waals surface area contributed by atoms with Crippen LogP contribution in [0.3, 0.4) is 0 Å². The second kappa shape index (κ2) is 12.6. The number of nitrogens with zero attached hydrogens (tertiary/aromatic N) is 1. The van der Waals surface area contributed by atoms with Crippen LogP contribution in [0.5, 0.6) is 0 Å². The number of furan rings is 1. The van der Waals surface area contributed by atoms with Gasteiger partial charge in [0.15, 0.2) is 0 Å². The van der Waals surface area contributed by atoms with Crippen molar-refractivity contribution < 1.29 is 14.3 Å². The van der Waals surface area contributed by atoms with Gasteiger partial charge in [0.05, 0.1) is 41.4 Å². The van der Waals surface area contributed by atoms with Gasteiger partial charge in [-0.05, 0) is 73.9 Å². The molecule has 0 aliphatic carbocycles. The van der Waals surface area contributed by atoms with E-state index in [0.29, 0.717) is 29.3 Å². The van der Waals surface area contributed by atoms with Crippen molar-refractivity contribution in [1.29, 1.82) is 5.26 Å². The summed E-state index contributed by atoms with van der Waals surface area (Å²) in [5.74, 6) is 1.01. The van der Waals surface area contributed by atoms with E-state index in [4.69, 9.17) is 21.3 Å². The molecule has 2 atom stereocenters. The van der Waals surface area contributed by atoms with Crippen LogP contribution in [0.4, 0.5) is 0 Å². The van der Waals surface area contributed by atoms with Crippen LogP contribution >= 0.6 is 11.6 Å². The number of rotatable bonds is 10. The Labute approximate surface area is 227 Å². The number of benzene rings is 3. The molecule has 4 aromatic rings. The summed E-state index contributed by atoms with van der Waals surface area (Å²) in [4.78, 5) is 13.1. The molecule has 0 spiro atoms. The van der Waals surface area contributed by atoms with Gasteiger partial charge in [-0.25, -0.2) is 0 Å². The molecule has 0 aliphatic heterocycles. The van der Waals surface area contributed by atoms with Crippen LogP contribution in [0.2, 0.25) is 5.02 Å². The van der Waals surface area contributed by atoms with E-state index < -0.39 is 11.9 Å². The number of aryl methyl sites for hydroxylation is 1. The fourth-order valence-corrected chi connectivity index (χ4v) is 4.39. The van der Waals surface area contributed by atoms with Gasteiger partial charge in [0.25, 0.3) is 5.91 Å². The lowest BCUT2D eigenvalue weighted by Gasteiger charge is -2.17. The normalized spacial score (nSPS) is 12.5. The van der Waals surface area contributed by atoms with Crippen molar-refractivity contribution in [3.05, 3.63) is 117 Å². The topological polar surface area (TPSA) is 98.3 Å². The van der Waals surface area contributed by atoms with E-state index in [-0.39, 0.29) is 18.2 Å². The van der Waals surface area contributed by atoms with Crippen LogP contribution in [0.15, 0.2) is 83.3 Å². The van der Waals surface area contributed by atoms with Gasteiger partial charge in [-0.15, -0.1) is 0 Å². The summed E-state index contributed by atoms with van der Waals surface area (Å²) in [5, 5.41) is 25.6. The molecule has 6 nitrogen and oxygen atoms in total. The van der Waals surface area contributed by atoms with Crippen LogP contribution in [0.25, 0.3) is 11.3 Å². The average molecular weight is 528 g/mol. The van der Waals surface area contributed by atoms with Crippen LogP contribution in [-0.4, -0.2) is 23.7 Å². The number of hydrogen-bond acceptors (Lipinski definition) is 5. The molecule has 0 fully saturated rings. The lowest BCUT2D eigenvalue weighted by molar-refractivity contribution is 0.0916. The number of nitrogens with one attached hydrogen (secondary N) is 2. The molecule has 1 heterocycles. The smallest absolute Gasteiger partial charge is 0.253 e. The summed E-state index contributed by atoms with van der Waals surface area (Å²) in [6.07, 6.45) is 0.380. The molecular weight excluding hydrogens is 498 g/mol. The molecule has 0 aliphatic rings. The van der Waals surface area contributed by atoms with Crippen molar-refractivity contribution in [1.82, 2.24) is 10.6 Å². The fourth-order valence-electron chi connectivity index (χ4n) is 4.18. The minimum Gasteiger partial charge on any atom is -0.460 e. The third kappa shape index (κ3) is 6.90. The Bertz CT molecular complexity index is 1440. The Hall–Kier alpha value is -3.89. The summed E-state index contributed by atoms with van der Waals surface area (Å²) in [5.41, 5.74) is 4.81. The predicted octanol–water partition coefficient (Wildman–Crippen LogP) is 5.96. The SMILES string of the molecule is Cc1ccc(C(C)NCc2ccc(-c3ccc(Cl)c(C(=O)NC(CO)Cc4cccc(C#N)c4)c3)o2)cc1. The first-order chi connectivity index (χ1) is 18.4. The zero-order chi connectivity index (χ0) is 27.1. The lowest BCUT2D eigenvalue weighted by Crippen LogP contribution is -2.39. The van der Waals surface area contributed by atoms with Crippen LogP contribution in [-0.2, 0) is 13.0 Å². The molecule has 1 aromatic heterocycles. The Kier molecular flexibility index (Phi) is 8.98. The molecule has 194 valence electrons. The molecular formula is C31H30ClN3O3. The summed E-state index contributed by atoms with van der Waals surface area (Å²) in [6.45, 7) is 4.48. The number of nitriles is 1. The zero-order valence-corrected chi connectivity index (χ0v) is 22.1. The Balaban J connectivity index is 1.42. The number of carbonyl (C=O) groups is 1. The highest BCUT2D eigenvalue weighted by Gasteiger charge is 2.18. The van der Waals surface area contributed by atoms with Gasteiger partial charge < -0.3 is 20.2 Å². The first-order valence-electron chi connectivity index (χ1n) is 12.5. The quantitative estimate of drug-likeness (QED) is 0.236. The van der Waals surface area contributed by atoms with Gasteiger partial charge >= 0.3 is 0 Å². The van der Waals surface area contributed by atoms with Gasteiger partial charge in [0.1, 0.15) is 11.5 Å². The van der Waals surface area contributed by atoms with Crippen molar-refractivity contribution in [2.75, 3.05) is 6.61 Å². The van der Waals surface area contributed by atoms with E-state index in [1.165, 1.54) is 11.1 Å². The predicted molar refractivity (Wildman–Crippen MR) is 149 cm³/mol. The van der Waals surface area contributed by atoms with Gasteiger partial charge in [-0.2, -0.15) is 5.26 Å². The average Bonchev–Trinajstić information content (AvgIpc) is 3.41. The van der Waals surface area contributed by atoms with Crippen molar-refractivity contribution in [3.8, 4) is 17.4 Å². The number of aliphatic hydroxyl groups is 1. The summed E-state index contributed by atoms with van der Waals surface area (Å²) in [6, 6.07) is 26.2. The molecule has 0 bridgehead atoms. The number of aliphatic hydroxyl groups excluding tert-OH is 1. The fraction of sp³-hybridized carbons (Fsp3) is 0.226. The first kappa shape index (κ1) is 27.2. The van der Waals surface area contributed by atoms with E-state index >= 15 is 0 Å². The maximum absolute atomic E-state index is 13.1. The van der Waals surface area contributed by atoms with Crippen LogP contribution in [0.1, 0.15) is 51.3 Å². The molecule has 0 saturated heterocycles. The second-order valence-electron chi connectivity index (χ2n) is 9.34. The van der Waals surface area contributed by atoms with Gasteiger partial charge in [-0.3, -0.25) is 4.79 Å². The highest BCUT2D eigenvalue weighted by atomic mass is 35.5. The van der Waals surface area contributed by atoms with E-state index in [0.717, 1.165) is 16.9 Å². The molecule has 4 rings (SSSR count). The number of hydrogen-bond donors (Lipinski definition) is 3. The monoisotopic (exact) mass is 527 g/mol. The largest absolute Gasteiger partial charge is 0.460 e. The summed E-state index contributed by atoms with van der Waals surface area (Å²) < 4.78 is 6.05. The van der Waals surface area contributed by atoms with E-state index in [1.807, 2.05) is 18.2 Å². The maximum Gasteiger partial charge on any atom is 0.253 e. The van der Waals surface area contributed by atoms with E-state index in [2.05, 4.69) is 54.8 Å². The Morgan fingerprint density at radius 3 is 2.61 bits per heavy atom. The molecule has 0 saturated carbocycles.